The lowest BCUT2D eigenvalue weighted by atomic mass is 10.0. The molecule has 0 spiro atoms. The number of carbonyl (C=O) groups is 2. The van der Waals surface area contributed by atoms with E-state index in [2.05, 4.69) is 4.98 Å². The third-order valence-electron chi connectivity index (χ3n) is 5.35. The summed E-state index contributed by atoms with van der Waals surface area (Å²) >= 11 is 0. The first-order valence-electron chi connectivity index (χ1n) is 10.2. The third-order valence-corrected chi connectivity index (χ3v) is 5.35. The molecule has 1 aliphatic heterocycles. The zero-order chi connectivity index (χ0) is 23.5. The summed E-state index contributed by atoms with van der Waals surface area (Å²) in [5.41, 5.74) is 3.66. The molecule has 2 amide bonds. The highest BCUT2D eigenvalue weighted by atomic mass is 19.1. The average Bonchev–Trinajstić information content (AvgIpc) is 3.13. The van der Waals surface area contributed by atoms with E-state index in [4.69, 9.17) is 14.3 Å². The van der Waals surface area contributed by atoms with E-state index < -0.39 is 23.8 Å². The van der Waals surface area contributed by atoms with Gasteiger partial charge in [-0.1, -0.05) is 0 Å². The van der Waals surface area contributed by atoms with Crippen LogP contribution in [0.15, 0.2) is 30.5 Å². The van der Waals surface area contributed by atoms with Crippen molar-refractivity contribution in [2.45, 2.75) is 19.4 Å². The number of nitrogens with one attached hydrogen (secondary N) is 1. The second-order valence-corrected chi connectivity index (χ2v) is 7.55. The number of aromatic nitrogens is 2. The average molecular weight is 460 g/mol. The molecule has 0 aliphatic carbocycles. The van der Waals surface area contributed by atoms with Crippen molar-refractivity contribution in [3.05, 3.63) is 53.4 Å². The Morgan fingerprint density at radius 2 is 2.09 bits per heavy atom. The van der Waals surface area contributed by atoms with E-state index in [1.165, 1.54) is 12.0 Å². The van der Waals surface area contributed by atoms with Crippen LogP contribution in [0.1, 0.15) is 11.3 Å². The van der Waals surface area contributed by atoms with Crippen LogP contribution in [0.5, 0.6) is 5.75 Å². The molecule has 9 nitrogen and oxygen atoms in total. The van der Waals surface area contributed by atoms with Crippen molar-refractivity contribution in [2.24, 2.45) is 0 Å². The maximum Gasteiger partial charge on any atom is 0.409 e. The smallest absolute Gasteiger partial charge is 0.409 e. The molecule has 1 atom stereocenters. The first-order chi connectivity index (χ1) is 15.9. The zero-order valence-electron chi connectivity index (χ0n) is 18.0. The summed E-state index contributed by atoms with van der Waals surface area (Å²) in [5, 5.41) is 0. The first-order valence-corrected chi connectivity index (χ1v) is 10.2. The minimum absolute atomic E-state index is 0.115. The molecule has 1 N–H and O–H groups in total. The van der Waals surface area contributed by atoms with Crippen LogP contribution in [-0.2, 0) is 20.7 Å². The minimum Gasteiger partial charge on any atom is -0.453 e. The normalized spacial score (nSPS) is 16.0. The van der Waals surface area contributed by atoms with Crippen molar-refractivity contribution < 1.29 is 32.7 Å². The van der Waals surface area contributed by atoms with Crippen molar-refractivity contribution in [3.63, 3.8) is 0 Å². The Bertz CT molecular complexity index is 1180. The van der Waals surface area contributed by atoms with Crippen LogP contribution < -0.4 is 10.3 Å². The largest absolute Gasteiger partial charge is 0.453 e. The van der Waals surface area contributed by atoms with Crippen LogP contribution in [0.3, 0.4) is 0 Å². The van der Waals surface area contributed by atoms with Crippen molar-refractivity contribution in [1.82, 2.24) is 19.8 Å². The number of rotatable bonds is 6. The van der Waals surface area contributed by atoms with Crippen LogP contribution in [0.2, 0.25) is 0 Å². The quantitative estimate of drug-likeness (QED) is 0.449. The number of aryl methyl sites for hydroxylation is 1. The Kier molecular flexibility index (Phi) is 6.40. The maximum absolute atomic E-state index is 15.0. The maximum atomic E-state index is 15.0. The lowest BCUT2D eigenvalue weighted by molar-refractivity contribution is -0.115. The van der Waals surface area contributed by atoms with E-state index in [1.54, 1.807) is 16.7 Å². The van der Waals surface area contributed by atoms with Gasteiger partial charge in [-0.15, -0.1) is 0 Å². The number of pyridine rings is 1. The fourth-order valence-electron chi connectivity index (χ4n) is 3.87. The highest BCUT2D eigenvalue weighted by Crippen LogP contribution is 2.33. The first kappa shape index (κ1) is 22.5. The van der Waals surface area contributed by atoms with Crippen LogP contribution in [0.4, 0.5) is 13.6 Å². The van der Waals surface area contributed by atoms with Gasteiger partial charge in [0, 0.05) is 31.3 Å². The monoisotopic (exact) mass is 460 g/mol. The number of ether oxygens (including phenoxy) is 2. The second kappa shape index (κ2) is 9.41. The second-order valence-electron chi connectivity index (χ2n) is 7.55. The van der Waals surface area contributed by atoms with Gasteiger partial charge < -0.3 is 23.6 Å². The summed E-state index contributed by atoms with van der Waals surface area (Å²) in [6, 6.07) is 5.59. The van der Waals surface area contributed by atoms with Gasteiger partial charge in [0.1, 0.15) is 17.3 Å². The number of carbonyl (C=O) groups excluding carboxylic acids is 2. The Morgan fingerprint density at radius 1 is 1.33 bits per heavy atom. The van der Waals surface area contributed by atoms with Gasteiger partial charge in [0.05, 0.1) is 43.3 Å². The molecule has 4 rings (SSSR count). The summed E-state index contributed by atoms with van der Waals surface area (Å²) < 4.78 is 42.4. The van der Waals surface area contributed by atoms with Gasteiger partial charge in [-0.2, -0.15) is 5.48 Å². The number of nitrogens with zero attached hydrogens (tertiary/aromatic N) is 3. The summed E-state index contributed by atoms with van der Waals surface area (Å²) in [7, 11) is 1.31. The predicted molar refractivity (Wildman–Crippen MR) is 113 cm³/mol. The molecule has 0 radical (unpaired) electrons. The molecule has 1 unspecified atom stereocenters. The number of fused-ring (bicyclic) bond motifs is 1. The van der Waals surface area contributed by atoms with E-state index in [-0.39, 0.29) is 36.4 Å². The van der Waals surface area contributed by atoms with Crippen molar-refractivity contribution in [3.8, 4) is 17.0 Å². The van der Waals surface area contributed by atoms with E-state index in [0.29, 0.717) is 24.5 Å². The van der Waals surface area contributed by atoms with Crippen LogP contribution in [-0.4, -0.2) is 59.7 Å². The van der Waals surface area contributed by atoms with Gasteiger partial charge >= 0.3 is 6.09 Å². The molecule has 1 aromatic carbocycles. The Labute approximate surface area is 187 Å². The SMILES string of the molecule is COC(=O)N1CCOC(Cc2c(-c3c(F)cc(ONC=O)cc3F)nc3cc(C)ccn23)C1. The topological polar surface area (TPSA) is 94.4 Å². The molecule has 1 aliphatic rings. The molecular weight excluding hydrogens is 438 g/mol. The Hall–Kier alpha value is -3.73. The highest BCUT2D eigenvalue weighted by Gasteiger charge is 2.29. The molecular formula is C22H22F2N4O5. The number of hydrogen-bond donors (Lipinski definition) is 1. The van der Waals surface area contributed by atoms with Gasteiger partial charge in [-0.3, -0.25) is 4.79 Å². The van der Waals surface area contributed by atoms with Crippen molar-refractivity contribution >= 4 is 18.2 Å². The molecule has 0 saturated carbocycles. The summed E-state index contributed by atoms with van der Waals surface area (Å²) in [6.45, 7) is 2.85. The molecule has 2 aromatic heterocycles. The number of morpholine rings is 1. The van der Waals surface area contributed by atoms with E-state index >= 15 is 8.78 Å². The molecule has 11 heteroatoms. The lowest BCUT2D eigenvalue weighted by Gasteiger charge is -2.32. The minimum atomic E-state index is -0.903. The molecule has 3 heterocycles. The lowest BCUT2D eigenvalue weighted by Crippen LogP contribution is -2.46. The fourth-order valence-corrected chi connectivity index (χ4v) is 3.87. The van der Waals surface area contributed by atoms with Gasteiger partial charge in [-0.05, 0) is 24.6 Å². The van der Waals surface area contributed by atoms with Crippen LogP contribution in [0.25, 0.3) is 16.9 Å². The Balaban J connectivity index is 1.76. The van der Waals surface area contributed by atoms with Crippen LogP contribution >= 0.6 is 0 Å². The van der Waals surface area contributed by atoms with Crippen molar-refractivity contribution in [1.29, 1.82) is 0 Å². The number of benzene rings is 1. The molecule has 1 fully saturated rings. The molecule has 174 valence electrons. The number of imidazole rings is 1. The molecule has 1 saturated heterocycles. The van der Waals surface area contributed by atoms with Gasteiger partial charge in [0.25, 0.3) is 0 Å². The van der Waals surface area contributed by atoms with E-state index in [0.717, 1.165) is 17.7 Å². The summed E-state index contributed by atoms with van der Waals surface area (Å²) in [5.74, 6) is -2.01. The number of hydrogen-bond acceptors (Lipinski definition) is 6. The summed E-state index contributed by atoms with van der Waals surface area (Å²) in [6.07, 6.45) is 1.38. The standard InChI is InChI=1S/C22H22F2N4O5/c1-13-3-4-28-18(10-15-11-27(5-6-32-15)22(30)31-2)21(26-19(28)7-13)20-16(23)8-14(9-17(20)24)33-25-12-29/h3-4,7-9,12,15H,5-6,10-11H2,1-2H3,(H,25,29). The summed E-state index contributed by atoms with van der Waals surface area (Å²) in [4.78, 5) is 33.2. The predicted octanol–water partition coefficient (Wildman–Crippen LogP) is 2.64. The molecule has 33 heavy (non-hydrogen) atoms. The van der Waals surface area contributed by atoms with Gasteiger partial charge in [0.2, 0.25) is 6.41 Å². The van der Waals surface area contributed by atoms with Crippen molar-refractivity contribution in [2.75, 3.05) is 26.8 Å². The Morgan fingerprint density at radius 3 is 2.79 bits per heavy atom. The number of amides is 2. The number of methoxy groups -OCH3 is 1. The fraction of sp³-hybridized carbons (Fsp3) is 0.318. The van der Waals surface area contributed by atoms with Gasteiger partial charge in [0.15, 0.2) is 5.75 Å². The highest BCUT2D eigenvalue weighted by molar-refractivity contribution is 5.69. The number of hydroxylamine groups is 1. The third kappa shape index (κ3) is 4.58. The molecule has 0 bridgehead atoms. The molecule has 3 aromatic rings. The van der Waals surface area contributed by atoms with E-state index in [9.17, 15) is 9.59 Å². The van der Waals surface area contributed by atoms with Crippen LogP contribution in [0, 0.1) is 18.6 Å². The van der Waals surface area contributed by atoms with Gasteiger partial charge in [-0.25, -0.2) is 18.6 Å². The van der Waals surface area contributed by atoms with E-state index in [1.807, 2.05) is 18.5 Å². The zero-order valence-corrected chi connectivity index (χ0v) is 18.0. The number of halogens is 2.